The molecule has 2 aromatic carbocycles. The van der Waals surface area contributed by atoms with Crippen molar-refractivity contribution in [3.05, 3.63) is 75.9 Å². The molecule has 0 radical (unpaired) electrons. The van der Waals surface area contributed by atoms with Gasteiger partial charge in [-0.05, 0) is 43.5 Å². The molecule has 0 saturated heterocycles. The summed E-state index contributed by atoms with van der Waals surface area (Å²) in [5, 5.41) is 1.64. The number of carbonyl (C=O) groups is 1. The monoisotopic (exact) mass is 309 g/mol. The number of aromatic nitrogens is 1. The first-order valence-corrected chi connectivity index (χ1v) is 7.57. The van der Waals surface area contributed by atoms with E-state index in [9.17, 15) is 4.79 Å². The number of benzene rings is 2. The third kappa shape index (κ3) is 2.75. The summed E-state index contributed by atoms with van der Waals surface area (Å²) >= 11 is 6.08. The fourth-order valence-corrected chi connectivity index (χ4v) is 3.06. The minimum Gasteiger partial charge on any atom is -0.294 e. The van der Waals surface area contributed by atoms with Crippen LogP contribution in [-0.2, 0) is 6.42 Å². The van der Waals surface area contributed by atoms with Gasteiger partial charge in [-0.2, -0.15) is 0 Å². The zero-order valence-electron chi connectivity index (χ0n) is 12.6. The van der Waals surface area contributed by atoms with Crippen molar-refractivity contribution in [3.63, 3.8) is 0 Å². The van der Waals surface area contributed by atoms with Gasteiger partial charge in [-0.15, -0.1) is 0 Å². The van der Waals surface area contributed by atoms with Crippen LogP contribution in [0.1, 0.15) is 34.1 Å². The number of rotatable bonds is 3. The van der Waals surface area contributed by atoms with Crippen molar-refractivity contribution in [1.29, 1.82) is 0 Å². The SMILES string of the molecule is CC(=O)c1c(C)nc2cc(Cl)ccc2c1Cc1ccccc1. The molecule has 0 fully saturated rings. The molecule has 2 nitrogen and oxygen atoms in total. The number of fused-ring (bicyclic) bond motifs is 1. The van der Waals surface area contributed by atoms with Gasteiger partial charge in [0.05, 0.1) is 5.52 Å². The number of Topliss-reactive ketones (excluding diaryl/α,β-unsaturated/α-hetero) is 1. The molecular formula is C19H16ClNO. The van der Waals surface area contributed by atoms with Crippen LogP contribution in [0.25, 0.3) is 10.9 Å². The van der Waals surface area contributed by atoms with Crippen molar-refractivity contribution in [2.24, 2.45) is 0 Å². The topological polar surface area (TPSA) is 30.0 Å². The second-order valence-corrected chi connectivity index (χ2v) is 5.87. The van der Waals surface area contributed by atoms with Crippen LogP contribution in [0.5, 0.6) is 0 Å². The quantitative estimate of drug-likeness (QED) is 0.638. The number of pyridine rings is 1. The highest BCUT2D eigenvalue weighted by molar-refractivity contribution is 6.31. The minimum atomic E-state index is 0.0489. The number of aryl methyl sites for hydroxylation is 1. The molecule has 22 heavy (non-hydrogen) atoms. The molecule has 0 atom stereocenters. The first-order valence-electron chi connectivity index (χ1n) is 7.20. The van der Waals surface area contributed by atoms with Crippen LogP contribution in [0.2, 0.25) is 5.02 Å². The predicted octanol–water partition coefficient (Wildman–Crippen LogP) is 4.99. The van der Waals surface area contributed by atoms with E-state index in [1.807, 2.05) is 43.3 Å². The summed E-state index contributed by atoms with van der Waals surface area (Å²) in [6, 6.07) is 15.8. The summed E-state index contributed by atoms with van der Waals surface area (Å²) in [7, 11) is 0. The van der Waals surface area contributed by atoms with Crippen molar-refractivity contribution in [2.45, 2.75) is 20.3 Å². The van der Waals surface area contributed by atoms with E-state index in [1.54, 1.807) is 6.92 Å². The highest BCUT2D eigenvalue weighted by Gasteiger charge is 2.16. The van der Waals surface area contributed by atoms with E-state index in [0.717, 1.165) is 27.7 Å². The van der Waals surface area contributed by atoms with Crippen molar-refractivity contribution >= 4 is 28.3 Å². The largest absolute Gasteiger partial charge is 0.294 e. The Morgan fingerprint density at radius 3 is 2.55 bits per heavy atom. The average Bonchev–Trinajstić information content (AvgIpc) is 2.47. The molecule has 0 unspecified atom stereocenters. The smallest absolute Gasteiger partial charge is 0.161 e. The molecule has 0 N–H and O–H groups in total. The van der Waals surface area contributed by atoms with Gasteiger partial charge in [0.25, 0.3) is 0 Å². The van der Waals surface area contributed by atoms with Gasteiger partial charge in [-0.3, -0.25) is 9.78 Å². The lowest BCUT2D eigenvalue weighted by atomic mass is 9.93. The molecular weight excluding hydrogens is 294 g/mol. The molecule has 3 rings (SSSR count). The average molecular weight is 310 g/mol. The second kappa shape index (κ2) is 5.90. The predicted molar refractivity (Wildman–Crippen MR) is 90.7 cm³/mol. The molecule has 0 aliphatic carbocycles. The number of carbonyl (C=O) groups excluding carboxylic acids is 1. The molecule has 1 aromatic heterocycles. The van der Waals surface area contributed by atoms with E-state index in [0.29, 0.717) is 11.4 Å². The normalized spacial score (nSPS) is 10.9. The molecule has 3 heteroatoms. The van der Waals surface area contributed by atoms with Crippen molar-refractivity contribution in [1.82, 2.24) is 4.98 Å². The fraction of sp³-hybridized carbons (Fsp3) is 0.158. The summed E-state index contributed by atoms with van der Waals surface area (Å²) in [4.78, 5) is 16.7. The Kier molecular flexibility index (Phi) is 3.95. The molecule has 3 aromatic rings. The molecule has 0 aliphatic rings. The third-order valence-electron chi connectivity index (χ3n) is 3.81. The highest BCUT2D eigenvalue weighted by Crippen LogP contribution is 2.28. The summed E-state index contributed by atoms with van der Waals surface area (Å²) in [6.45, 7) is 3.48. The maximum atomic E-state index is 12.1. The van der Waals surface area contributed by atoms with Gasteiger partial charge in [0.2, 0.25) is 0 Å². The second-order valence-electron chi connectivity index (χ2n) is 5.43. The van der Waals surface area contributed by atoms with Crippen LogP contribution in [-0.4, -0.2) is 10.8 Å². The highest BCUT2D eigenvalue weighted by atomic mass is 35.5. The summed E-state index contributed by atoms with van der Waals surface area (Å²) in [6.07, 6.45) is 0.706. The summed E-state index contributed by atoms with van der Waals surface area (Å²) < 4.78 is 0. The van der Waals surface area contributed by atoms with Gasteiger partial charge in [0.15, 0.2) is 5.78 Å². The Labute approximate surface area is 134 Å². The number of hydrogen-bond acceptors (Lipinski definition) is 2. The van der Waals surface area contributed by atoms with Crippen LogP contribution >= 0.6 is 11.6 Å². The van der Waals surface area contributed by atoms with Crippen LogP contribution in [0.4, 0.5) is 0 Å². The zero-order chi connectivity index (χ0) is 15.7. The van der Waals surface area contributed by atoms with Crippen molar-refractivity contribution in [3.8, 4) is 0 Å². The fourth-order valence-electron chi connectivity index (χ4n) is 2.89. The first kappa shape index (κ1) is 14.7. The van der Waals surface area contributed by atoms with Gasteiger partial charge in [0, 0.05) is 21.7 Å². The molecule has 0 saturated carbocycles. The lowest BCUT2D eigenvalue weighted by molar-refractivity contribution is 0.101. The lowest BCUT2D eigenvalue weighted by Gasteiger charge is -2.14. The number of halogens is 1. The summed E-state index contributed by atoms with van der Waals surface area (Å²) in [5.41, 5.74) is 4.51. The molecule has 0 spiro atoms. The number of hydrogen-bond donors (Lipinski definition) is 0. The van der Waals surface area contributed by atoms with Gasteiger partial charge in [0.1, 0.15) is 0 Å². The van der Waals surface area contributed by atoms with Crippen molar-refractivity contribution in [2.75, 3.05) is 0 Å². The molecule has 0 aliphatic heterocycles. The molecule has 110 valence electrons. The maximum Gasteiger partial charge on any atom is 0.161 e. The van der Waals surface area contributed by atoms with Crippen LogP contribution in [0, 0.1) is 6.92 Å². The summed E-state index contributed by atoms with van der Waals surface area (Å²) in [5.74, 6) is 0.0489. The standard InChI is InChI=1S/C19H16ClNO/c1-12-19(13(2)22)17(10-14-6-4-3-5-7-14)16-9-8-15(20)11-18(16)21-12/h3-9,11H,10H2,1-2H3. The van der Waals surface area contributed by atoms with E-state index < -0.39 is 0 Å². The van der Waals surface area contributed by atoms with Gasteiger partial charge in [-0.25, -0.2) is 0 Å². The number of ketones is 1. The Balaban J connectivity index is 2.28. The first-order chi connectivity index (χ1) is 10.6. The van der Waals surface area contributed by atoms with Crippen LogP contribution in [0.3, 0.4) is 0 Å². The van der Waals surface area contributed by atoms with E-state index in [2.05, 4.69) is 17.1 Å². The van der Waals surface area contributed by atoms with Gasteiger partial charge in [-0.1, -0.05) is 48.0 Å². The Bertz CT molecular complexity index is 856. The van der Waals surface area contributed by atoms with E-state index in [1.165, 1.54) is 5.56 Å². The van der Waals surface area contributed by atoms with E-state index >= 15 is 0 Å². The third-order valence-corrected chi connectivity index (χ3v) is 4.05. The Hall–Kier alpha value is -2.19. The lowest BCUT2D eigenvalue weighted by Crippen LogP contribution is -2.07. The van der Waals surface area contributed by atoms with Gasteiger partial charge < -0.3 is 0 Å². The van der Waals surface area contributed by atoms with Crippen LogP contribution < -0.4 is 0 Å². The van der Waals surface area contributed by atoms with E-state index in [-0.39, 0.29) is 5.78 Å². The van der Waals surface area contributed by atoms with Gasteiger partial charge >= 0.3 is 0 Å². The zero-order valence-corrected chi connectivity index (χ0v) is 13.3. The maximum absolute atomic E-state index is 12.1. The number of nitrogens with zero attached hydrogens (tertiary/aromatic N) is 1. The van der Waals surface area contributed by atoms with Crippen molar-refractivity contribution < 1.29 is 4.79 Å². The Morgan fingerprint density at radius 1 is 1.14 bits per heavy atom. The van der Waals surface area contributed by atoms with E-state index in [4.69, 9.17) is 11.6 Å². The molecule has 0 bridgehead atoms. The minimum absolute atomic E-state index is 0.0489. The molecule has 0 amide bonds. The van der Waals surface area contributed by atoms with Crippen LogP contribution in [0.15, 0.2) is 48.5 Å². The Morgan fingerprint density at radius 2 is 1.86 bits per heavy atom. The molecule has 1 heterocycles.